The summed E-state index contributed by atoms with van der Waals surface area (Å²) in [5.41, 5.74) is 2.39. The van der Waals surface area contributed by atoms with Crippen LogP contribution in [0.3, 0.4) is 0 Å². The maximum Gasteiger partial charge on any atom is 0.242 e. The molecule has 210 valence electrons. The first-order chi connectivity index (χ1) is 18.0. The highest BCUT2D eigenvalue weighted by molar-refractivity contribution is 7.92. The van der Waals surface area contributed by atoms with Crippen LogP contribution in [0.4, 0.5) is 5.69 Å². The van der Waals surface area contributed by atoms with Crippen LogP contribution >= 0.6 is 11.6 Å². The van der Waals surface area contributed by atoms with Gasteiger partial charge in [-0.1, -0.05) is 61.7 Å². The molecule has 1 N–H and O–H groups in total. The fraction of sp³-hybridized carbons (Fsp3) is 0.500. The Morgan fingerprint density at radius 1 is 1.11 bits per heavy atom. The number of methoxy groups -OCH3 is 1. The van der Waals surface area contributed by atoms with Crippen molar-refractivity contribution in [2.24, 2.45) is 0 Å². The Morgan fingerprint density at radius 2 is 1.84 bits per heavy atom. The third-order valence-electron chi connectivity index (χ3n) is 6.23. The topological polar surface area (TPSA) is 96.0 Å². The van der Waals surface area contributed by atoms with Crippen molar-refractivity contribution in [3.63, 3.8) is 0 Å². The van der Waals surface area contributed by atoms with Crippen molar-refractivity contribution in [3.05, 3.63) is 58.6 Å². The normalized spacial score (nSPS) is 12.1. The average Bonchev–Trinajstić information content (AvgIpc) is 2.85. The summed E-state index contributed by atoms with van der Waals surface area (Å²) in [5.74, 6) is 0.0615. The molecule has 2 aromatic rings. The first kappa shape index (κ1) is 31.4. The van der Waals surface area contributed by atoms with Gasteiger partial charge in [-0.2, -0.15) is 0 Å². The fourth-order valence-electron chi connectivity index (χ4n) is 4.25. The number of sulfonamides is 1. The predicted octanol–water partition coefficient (Wildman–Crippen LogP) is 4.93. The van der Waals surface area contributed by atoms with Crippen LogP contribution in [0, 0.1) is 6.92 Å². The molecule has 0 bridgehead atoms. The van der Waals surface area contributed by atoms with E-state index in [1.54, 1.807) is 17.0 Å². The molecule has 0 radical (unpaired) electrons. The van der Waals surface area contributed by atoms with Crippen molar-refractivity contribution in [1.29, 1.82) is 0 Å². The molecule has 0 saturated carbocycles. The molecule has 0 aliphatic carbocycles. The van der Waals surface area contributed by atoms with E-state index in [0.29, 0.717) is 36.0 Å². The lowest BCUT2D eigenvalue weighted by molar-refractivity contribution is -0.141. The largest absolute Gasteiger partial charge is 0.495 e. The van der Waals surface area contributed by atoms with Gasteiger partial charge in [-0.3, -0.25) is 13.9 Å². The van der Waals surface area contributed by atoms with Gasteiger partial charge in [-0.25, -0.2) is 8.42 Å². The lowest BCUT2D eigenvalue weighted by atomic mass is 10.1. The minimum atomic E-state index is -3.63. The van der Waals surface area contributed by atoms with E-state index in [1.165, 1.54) is 17.5 Å². The van der Waals surface area contributed by atoms with Gasteiger partial charge in [0.25, 0.3) is 0 Å². The Kier molecular flexibility index (Phi) is 12.4. The van der Waals surface area contributed by atoms with Crippen LogP contribution in [0.2, 0.25) is 5.02 Å². The van der Waals surface area contributed by atoms with E-state index in [9.17, 15) is 18.0 Å². The molecule has 0 spiro atoms. The number of rotatable bonds is 15. The van der Waals surface area contributed by atoms with Gasteiger partial charge in [0.1, 0.15) is 11.8 Å². The zero-order valence-electron chi connectivity index (χ0n) is 23.0. The number of carbonyl (C=O) groups is 2. The second-order valence-corrected chi connectivity index (χ2v) is 11.7. The van der Waals surface area contributed by atoms with Crippen LogP contribution in [-0.4, -0.2) is 57.6 Å². The van der Waals surface area contributed by atoms with Gasteiger partial charge in [-0.15, -0.1) is 0 Å². The van der Waals surface area contributed by atoms with Gasteiger partial charge in [0.15, 0.2) is 0 Å². The number of ether oxygens (including phenoxy) is 1. The van der Waals surface area contributed by atoms with Crippen LogP contribution in [-0.2, 0) is 26.2 Å². The molecule has 2 aromatic carbocycles. The molecule has 38 heavy (non-hydrogen) atoms. The number of amides is 2. The van der Waals surface area contributed by atoms with E-state index in [4.69, 9.17) is 16.3 Å². The number of aryl methyl sites for hydroxylation is 1. The van der Waals surface area contributed by atoms with Crippen LogP contribution in [0.1, 0.15) is 57.1 Å². The highest BCUT2D eigenvalue weighted by Crippen LogP contribution is 2.30. The van der Waals surface area contributed by atoms with Crippen LogP contribution in [0.25, 0.3) is 0 Å². The molecule has 0 aliphatic heterocycles. The van der Waals surface area contributed by atoms with E-state index in [0.717, 1.165) is 30.2 Å². The summed E-state index contributed by atoms with van der Waals surface area (Å²) in [6.07, 6.45) is 3.76. The van der Waals surface area contributed by atoms with E-state index in [2.05, 4.69) is 12.2 Å². The Bertz CT molecular complexity index is 1190. The van der Waals surface area contributed by atoms with Crippen LogP contribution in [0.15, 0.2) is 42.5 Å². The first-order valence-electron chi connectivity index (χ1n) is 13.0. The second-order valence-electron chi connectivity index (χ2n) is 9.34. The SMILES string of the molecule is CCCCNC(=O)[C@@H](CC)N(Cc1cccc(C)c1)C(=O)CCCN(c1ccc(OC)c(Cl)c1)S(C)(=O)=O. The van der Waals surface area contributed by atoms with Crippen molar-refractivity contribution in [1.82, 2.24) is 10.2 Å². The molecule has 8 nitrogen and oxygen atoms in total. The van der Waals surface area contributed by atoms with Crippen molar-refractivity contribution < 1.29 is 22.7 Å². The van der Waals surface area contributed by atoms with Gasteiger partial charge in [0.05, 0.1) is 24.1 Å². The molecule has 0 unspecified atom stereocenters. The Labute approximate surface area is 232 Å². The zero-order valence-corrected chi connectivity index (χ0v) is 24.6. The summed E-state index contributed by atoms with van der Waals surface area (Å²) in [5, 5.41) is 3.25. The zero-order chi connectivity index (χ0) is 28.3. The summed E-state index contributed by atoms with van der Waals surface area (Å²) in [4.78, 5) is 28.1. The van der Waals surface area contributed by atoms with Gasteiger partial charge in [0.2, 0.25) is 21.8 Å². The minimum absolute atomic E-state index is 0.0838. The maximum atomic E-state index is 13.5. The monoisotopic (exact) mass is 565 g/mol. The molecule has 0 aromatic heterocycles. The third-order valence-corrected chi connectivity index (χ3v) is 7.72. The maximum absolute atomic E-state index is 13.5. The minimum Gasteiger partial charge on any atom is -0.495 e. The number of nitrogens with zero attached hydrogens (tertiary/aromatic N) is 2. The molecule has 1 atom stereocenters. The molecule has 2 amide bonds. The Hall–Kier alpha value is -2.78. The fourth-order valence-corrected chi connectivity index (χ4v) is 5.46. The number of hydrogen-bond acceptors (Lipinski definition) is 5. The molecule has 0 aliphatic rings. The number of benzene rings is 2. The van der Waals surface area contributed by atoms with Crippen LogP contribution in [0.5, 0.6) is 5.75 Å². The number of carbonyl (C=O) groups excluding carboxylic acids is 2. The Balaban J connectivity index is 2.22. The second kappa shape index (κ2) is 15.0. The molecule has 0 saturated heterocycles. The van der Waals surface area contributed by atoms with Crippen molar-refractivity contribution in [2.75, 3.05) is 30.8 Å². The molecule has 10 heteroatoms. The third kappa shape index (κ3) is 9.20. The van der Waals surface area contributed by atoms with Crippen molar-refractivity contribution >= 4 is 39.1 Å². The average molecular weight is 566 g/mol. The van der Waals surface area contributed by atoms with Gasteiger partial charge < -0.3 is 15.0 Å². The predicted molar refractivity (Wildman–Crippen MR) is 153 cm³/mol. The summed E-state index contributed by atoms with van der Waals surface area (Å²) < 4.78 is 31.5. The van der Waals surface area contributed by atoms with Crippen molar-refractivity contribution in [2.45, 2.75) is 65.5 Å². The lowest BCUT2D eigenvalue weighted by Gasteiger charge is -2.31. The quantitative estimate of drug-likeness (QED) is 0.309. The number of nitrogens with one attached hydrogen (secondary N) is 1. The first-order valence-corrected chi connectivity index (χ1v) is 15.2. The number of unbranched alkanes of at least 4 members (excludes halogenated alkanes) is 1. The van der Waals surface area contributed by atoms with E-state index in [1.807, 2.05) is 38.1 Å². The number of hydrogen-bond donors (Lipinski definition) is 1. The van der Waals surface area contributed by atoms with Crippen molar-refractivity contribution in [3.8, 4) is 5.75 Å². The highest BCUT2D eigenvalue weighted by Gasteiger charge is 2.29. The molecular weight excluding hydrogens is 526 g/mol. The highest BCUT2D eigenvalue weighted by atomic mass is 35.5. The standard InChI is InChI=1S/C28H40ClN3O5S/c1-6-8-16-30-28(34)25(7-2)31(20-22-12-9-11-21(3)18-22)27(33)13-10-17-32(38(5,35)36)23-14-15-26(37-4)24(29)19-23/h9,11-12,14-15,18-19,25H,6-8,10,13,16-17,20H2,1-5H3,(H,30,34)/t25-/m1/s1. The summed E-state index contributed by atoms with van der Waals surface area (Å²) >= 11 is 6.22. The van der Waals surface area contributed by atoms with Gasteiger partial charge >= 0.3 is 0 Å². The lowest BCUT2D eigenvalue weighted by Crippen LogP contribution is -2.49. The molecular formula is C28H40ClN3O5S. The van der Waals surface area contributed by atoms with E-state index in [-0.39, 0.29) is 31.2 Å². The molecule has 2 rings (SSSR count). The number of halogens is 1. The molecule has 0 heterocycles. The van der Waals surface area contributed by atoms with E-state index < -0.39 is 16.1 Å². The summed E-state index contributed by atoms with van der Waals surface area (Å²) in [6, 6.07) is 12.0. The molecule has 0 fully saturated rings. The van der Waals surface area contributed by atoms with Gasteiger partial charge in [-0.05, 0) is 49.9 Å². The Morgan fingerprint density at radius 3 is 2.42 bits per heavy atom. The van der Waals surface area contributed by atoms with Gasteiger partial charge in [0, 0.05) is 26.1 Å². The summed E-state index contributed by atoms with van der Waals surface area (Å²) in [6.45, 7) is 6.87. The number of anilines is 1. The van der Waals surface area contributed by atoms with E-state index >= 15 is 0 Å². The van der Waals surface area contributed by atoms with Crippen LogP contribution < -0.4 is 14.4 Å². The summed E-state index contributed by atoms with van der Waals surface area (Å²) in [7, 11) is -2.15. The smallest absolute Gasteiger partial charge is 0.242 e.